The van der Waals surface area contributed by atoms with Crippen LogP contribution in [0, 0.1) is 0 Å². The number of allylic oxidation sites excluding steroid dienone is 1. The fourth-order valence-electron chi connectivity index (χ4n) is 2.28. The van der Waals surface area contributed by atoms with Gasteiger partial charge in [-0.25, -0.2) is 4.90 Å². The lowest BCUT2D eigenvalue weighted by Gasteiger charge is -2.12. The summed E-state index contributed by atoms with van der Waals surface area (Å²) in [7, 11) is 0. The number of amides is 2. The number of phenolic OH excluding ortho intramolecular Hbond substituents is 1. The number of aromatic hydroxyl groups is 1. The molecule has 1 aliphatic rings. The van der Waals surface area contributed by atoms with Crippen LogP contribution < -0.4 is 4.90 Å². The highest BCUT2D eigenvalue weighted by Crippen LogP contribution is 2.39. The number of benzene rings is 2. The molecule has 0 unspecified atom stereocenters. The number of carbonyl (C=O) groups is 2. The molecule has 116 valence electrons. The van der Waals surface area contributed by atoms with Crippen LogP contribution in [0.25, 0.3) is 5.57 Å². The van der Waals surface area contributed by atoms with E-state index in [-0.39, 0.29) is 16.9 Å². The molecule has 0 atom stereocenters. The third kappa shape index (κ3) is 2.98. The summed E-state index contributed by atoms with van der Waals surface area (Å²) < 4.78 is 0. The van der Waals surface area contributed by atoms with E-state index in [2.05, 4.69) is 0 Å². The van der Waals surface area contributed by atoms with Crippen molar-refractivity contribution in [3.05, 3.63) is 64.0 Å². The standard InChI is InChI=1S/C17H12ClNO3S/c1-10(11-5-7-14(20)8-6-11)15-16(21)19(17(22)23-15)13-4-2-3-12(18)9-13/h2-9,20H,1H3/b15-10-. The Morgan fingerprint density at radius 3 is 2.48 bits per heavy atom. The second kappa shape index (κ2) is 6.10. The molecule has 2 amide bonds. The number of carbonyl (C=O) groups excluding carboxylic acids is 2. The molecule has 23 heavy (non-hydrogen) atoms. The van der Waals surface area contributed by atoms with E-state index in [0.29, 0.717) is 21.2 Å². The molecule has 0 aliphatic carbocycles. The molecule has 3 rings (SSSR count). The first kappa shape index (κ1) is 15.6. The van der Waals surface area contributed by atoms with E-state index in [1.165, 1.54) is 0 Å². The second-order valence-electron chi connectivity index (χ2n) is 4.99. The first-order valence-corrected chi connectivity index (χ1v) is 7.99. The van der Waals surface area contributed by atoms with Gasteiger partial charge in [0.2, 0.25) is 0 Å². The minimum absolute atomic E-state index is 0.147. The Labute approximate surface area is 142 Å². The van der Waals surface area contributed by atoms with Crippen molar-refractivity contribution < 1.29 is 14.7 Å². The van der Waals surface area contributed by atoms with E-state index < -0.39 is 0 Å². The highest BCUT2D eigenvalue weighted by Gasteiger charge is 2.37. The number of phenols is 1. The van der Waals surface area contributed by atoms with Gasteiger partial charge in [-0.15, -0.1) is 0 Å². The molecule has 6 heteroatoms. The maximum absolute atomic E-state index is 12.6. The number of hydrogen-bond acceptors (Lipinski definition) is 4. The molecule has 2 aromatic carbocycles. The SMILES string of the molecule is C/C(=C1/SC(=O)N(c2cccc(Cl)c2)C1=O)c1ccc(O)cc1. The van der Waals surface area contributed by atoms with Gasteiger partial charge in [0.1, 0.15) is 5.75 Å². The lowest BCUT2D eigenvalue weighted by molar-refractivity contribution is -0.113. The van der Waals surface area contributed by atoms with Crippen molar-refractivity contribution in [3.8, 4) is 5.75 Å². The normalized spacial score (nSPS) is 16.9. The lowest BCUT2D eigenvalue weighted by Crippen LogP contribution is -2.27. The number of thioether (sulfide) groups is 1. The van der Waals surface area contributed by atoms with Gasteiger partial charge in [-0.05, 0) is 60.2 Å². The summed E-state index contributed by atoms with van der Waals surface area (Å²) in [5, 5.41) is 9.45. The molecule has 2 aromatic rings. The number of halogens is 1. The van der Waals surface area contributed by atoms with Crippen LogP contribution in [0.3, 0.4) is 0 Å². The van der Waals surface area contributed by atoms with Crippen molar-refractivity contribution >= 4 is 45.8 Å². The molecular formula is C17H12ClNO3S. The average Bonchev–Trinajstić information content (AvgIpc) is 2.82. The molecule has 1 saturated heterocycles. The van der Waals surface area contributed by atoms with Crippen LogP contribution in [0.4, 0.5) is 10.5 Å². The summed E-state index contributed by atoms with van der Waals surface area (Å²) in [5.41, 5.74) is 1.92. The first-order valence-electron chi connectivity index (χ1n) is 6.79. The summed E-state index contributed by atoms with van der Waals surface area (Å²) in [5.74, 6) is -0.221. The Kier molecular flexibility index (Phi) is 4.15. The van der Waals surface area contributed by atoms with E-state index in [1.54, 1.807) is 55.5 Å². The van der Waals surface area contributed by atoms with Crippen molar-refractivity contribution in [2.45, 2.75) is 6.92 Å². The van der Waals surface area contributed by atoms with Crippen molar-refractivity contribution in [1.82, 2.24) is 0 Å². The summed E-state index contributed by atoms with van der Waals surface area (Å²) in [6, 6.07) is 13.1. The second-order valence-corrected chi connectivity index (χ2v) is 6.39. The van der Waals surface area contributed by atoms with Crippen LogP contribution in [0.1, 0.15) is 12.5 Å². The summed E-state index contributed by atoms with van der Waals surface area (Å²) in [6.07, 6.45) is 0. The molecule has 1 heterocycles. The fraction of sp³-hybridized carbons (Fsp3) is 0.0588. The Bertz CT molecular complexity index is 830. The van der Waals surface area contributed by atoms with E-state index in [0.717, 1.165) is 22.2 Å². The zero-order chi connectivity index (χ0) is 16.6. The maximum atomic E-state index is 12.6. The van der Waals surface area contributed by atoms with Crippen LogP contribution in [0.5, 0.6) is 5.75 Å². The predicted molar refractivity (Wildman–Crippen MR) is 92.6 cm³/mol. The maximum Gasteiger partial charge on any atom is 0.298 e. The molecule has 0 aromatic heterocycles. The topological polar surface area (TPSA) is 57.6 Å². The van der Waals surface area contributed by atoms with E-state index in [9.17, 15) is 14.7 Å². The Balaban J connectivity index is 2.00. The fourth-order valence-corrected chi connectivity index (χ4v) is 3.37. The average molecular weight is 346 g/mol. The zero-order valence-corrected chi connectivity index (χ0v) is 13.7. The number of nitrogens with zero attached hydrogens (tertiary/aromatic N) is 1. The number of imide groups is 1. The predicted octanol–water partition coefficient (Wildman–Crippen LogP) is 4.68. The van der Waals surface area contributed by atoms with Gasteiger partial charge in [0.05, 0.1) is 10.6 Å². The lowest BCUT2D eigenvalue weighted by atomic mass is 10.1. The van der Waals surface area contributed by atoms with Gasteiger partial charge >= 0.3 is 0 Å². The molecule has 4 nitrogen and oxygen atoms in total. The van der Waals surface area contributed by atoms with Gasteiger partial charge in [0, 0.05) is 5.02 Å². The van der Waals surface area contributed by atoms with Crippen LogP contribution in [0.2, 0.25) is 5.02 Å². The minimum Gasteiger partial charge on any atom is -0.508 e. The van der Waals surface area contributed by atoms with Gasteiger partial charge in [-0.1, -0.05) is 29.8 Å². The quantitative estimate of drug-likeness (QED) is 0.803. The highest BCUT2D eigenvalue weighted by atomic mass is 35.5. The Morgan fingerprint density at radius 1 is 1.13 bits per heavy atom. The minimum atomic E-state index is -0.368. The van der Waals surface area contributed by atoms with Crippen molar-refractivity contribution in [2.75, 3.05) is 4.90 Å². The van der Waals surface area contributed by atoms with Crippen LogP contribution in [-0.2, 0) is 4.79 Å². The molecule has 1 aliphatic heterocycles. The molecular weight excluding hydrogens is 334 g/mol. The van der Waals surface area contributed by atoms with Crippen molar-refractivity contribution in [1.29, 1.82) is 0 Å². The van der Waals surface area contributed by atoms with Gasteiger partial charge in [-0.3, -0.25) is 9.59 Å². The largest absolute Gasteiger partial charge is 0.508 e. The summed E-state index contributed by atoms with van der Waals surface area (Å²) >= 11 is 6.84. The number of anilines is 1. The van der Waals surface area contributed by atoms with Crippen molar-refractivity contribution in [2.24, 2.45) is 0 Å². The number of hydrogen-bond donors (Lipinski definition) is 1. The first-order chi connectivity index (χ1) is 11.0. The summed E-state index contributed by atoms with van der Waals surface area (Å²) in [6.45, 7) is 1.78. The number of rotatable bonds is 2. The molecule has 0 radical (unpaired) electrons. The highest BCUT2D eigenvalue weighted by molar-refractivity contribution is 8.19. The Morgan fingerprint density at radius 2 is 1.83 bits per heavy atom. The van der Waals surface area contributed by atoms with Crippen molar-refractivity contribution in [3.63, 3.8) is 0 Å². The third-order valence-electron chi connectivity index (χ3n) is 3.48. The molecule has 1 N–H and O–H groups in total. The van der Waals surface area contributed by atoms with E-state index in [4.69, 9.17) is 11.6 Å². The van der Waals surface area contributed by atoms with E-state index in [1.807, 2.05) is 0 Å². The van der Waals surface area contributed by atoms with Gasteiger partial charge in [0.15, 0.2) is 0 Å². The van der Waals surface area contributed by atoms with Crippen LogP contribution >= 0.6 is 23.4 Å². The van der Waals surface area contributed by atoms with Gasteiger partial charge in [0.25, 0.3) is 11.1 Å². The van der Waals surface area contributed by atoms with E-state index >= 15 is 0 Å². The summed E-state index contributed by atoms with van der Waals surface area (Å²) in [4.78, 5) is 26.4. The molecule has 0 saturated carbocycles. The van der Waals surface area contributed by atoms with Crippen LogP contribution in [0.15, 0.2) is 53.4 Å². The third-order valence-corrected chi connectivity index (χ3v) is 4.75. The molecule has 0 bridgehead atoms. The molecule has 0 spiro atoms. The van der Waals surface area contributed by atoms with Gasteiger partial charge < -0.3 is 5.11 Å². The smallest absolute Gasteiger partial charge is 0.298 e. The van der Waals surface area contributed by atoms with Crippen LogP contribution in [-0.4, -0.2) is 16.3 Å². The zero-order valence-electron chi connectivity index (χ0n) is 12.1. The monoisotopic (exact) mass is 345 g/mol. The van der Waals surface area contributed by atoms with Gasteiger partial charge in [-0.2, -0.15) is 0 Å². The Hall–Kier alpha value is -2.24. The molecule has 1 fully saturated rings.